The summed E-state index contributed by atoms with van der Waals surface area (Å²) in [5, 5.41) is 12.8. The number of thiazole rings is 1. The molecule has 1 fully saturated rings. The summed E-state index contributed by atoms with van der Waals surface area (Å²) in [6.07, 6.45) is 4.16. The second-order valence-electron chi connectivity index (χ2n) is 4.17. The molecular formula is C11H15NO2S. The highest BCUT2D eigenvalue weighted by Gasteiger charge is 2.38. The second-order valence-corrected chi connectivity index (χ2v) is 5.24. The molecule has 0 unspecified atom stereocenters. The van der Waals surface area contributed by atoms with Crippen molar-refractivity contribution in [1.82, 2.24) is 4.98 Å². The molecule has 4 heteroatoms. The molecule has 0 radical (unpaired) electrons. The molecule has 0 aliphatic heterocycles. The van der Waals surface area contributed by atoms with Crippen LogP contribution in [0.5, 0.6) is 0 Å². The van der Waals surface area contributed by atoms with Crippen LogP contribution >= 0.6 is 11.3 Å². The summed E-state index contributed by atoms with van der Waals surface area (Å²) < 4.78 is 0. The fourth-order valence-corrected chi connectivity index (χ4v) is 2.66. The molecule has 0 saturated heterocycles. The predicted octanol–water partition coefficient (Wildman–Crippen LogP) is 2.33. The summed E-state index contributed by atoms with van der Waals surface area (Å²) in [5.74, 6) is -0.188. The van der Waals surface area contributed by atoms with E-state index in [2.05, 4.69) is 4.98 Å². The Morgan fingerprint density at radius 2 is 2.13 bits per heavy atom. The Hall–Kier alpha value is -0.740. The number of Topliss-reactive ketones (excluding diaryl/α,β-unsaturated/α-hetero) is 1. The van der Waals surface area contributed by atoms with Gasteiger partial charge in [0.05, 0.1) is 5.01 Å². The Morgan fingerprint density at radius 1 is 1.47 bits per heavy atom. The number of nitrogens with zero attached hydrogens (tertiary/aromatic N) is 1. The van der Waals surface area contributed by atoms with E-state index < -0.39 is 5.60 Å². The van der Waals surface area contributed by atoms with Crippen LogP contribution in [0.2, 0.25) is 0 Å². The summed E-state index contributed by atoms with van der Waals surface area (Å²) in [5.41, 5.74) is -0.708. The monoisotopic (exact) mass is 225 g/mol. The van der Waals surface area contributed by atoms with Gasteiger partial charge in [0.1, 0.15) is 11.3 Å². The van der Waals surface area contributed by atoms with Crippen LogP contribution in [-0.2, 0) is 0 Å². The lowest BCUT2D eigenvalue weighted by atomic mass is 9.81. The number of hydrogen-bond acceptors (Lipinski definition) is 4. The number of hydrogen-bond donors (Lipinski definition) is 1. The van der Waals surface area contributed by atoms with Gasteiger partial charge in [0.15, 0.2) is 0 Å². The van der Waals surface area contributed by atoms with Gasteiger partial charge in [-0.25, -0.2) is 4.98 Å². The number of rotatable bonds is 2. The number of ketones is 1. The molecule has 0 bridgehead atoms. The molecule has 1 aliphatic carbocycles. The smallest absolute Gasteiger partial charge is 0.213 e. The van der Waals surface area contributed by atoms with Crippen molar-refractivity contribution in [2.45, 2.75) is 44.6 Å². The Balaban J connectivity index is 2.19. The fraction of sp³-hybridized carbons (Fsp3) is 0.636. The lowest BCUT2D eigenvalue weighted by Crippen LogP contribution is -2.40. The summed E-state index contributed by atoms with van der Waals surface area (Å²) >= 11 is 1.45. The molecule has 0 amide bonds. The molecule has 82 valence electrons. The molecule has 1 aromatic heterocycles. The van der Waals surface area contributed by atoms with Crippen molar-refractivity contribution in [3.05, 3.63) is 16.1 Å². The second kappa shape index (κ2) is 4.02. The lowest BCUT2D eigenvalue weighted by Gasteiger charge is -2.29. The van der Waals surface area contributed by atoms with Crippen LogP contribution in [0.4, 0.5) is 0 Å². The first-order valence-electron chi connectivity index (χ1n) is 5.31. The van der Waals surface area contributed by atoms with Gasteiger partial charge in [-0.3, -0.25) is 4.79 Å². The van der Waals surface area contributed by atoms with Crippen LogP contribution in [0.1, 0.15) is 47.6 Å². The lowest BCUT2D eigenvalue weighted by molar-refractivity contribution is 0.0112. The standard InChI is InChI=1S/C11H15NO2S/c1-8-12-9(7-15-8)10(13)11(14)5-3-2-4-6-11/h7,14H,2-6H2,1H3. The molecule has 1 aliphatic rings. The molecule has 0 spiro atoms. The molecule has 1 saturated carbocycles. The number of aryl methyl sites for hydroxylation is 1. The number of aliphatic hydroxyl groups is 1. The zero-order valence-corrected chi connectivity index (χ0v) is 9.64. The molecule has 1 heterocycles. The Morgan fingerprint density at radius 3 is 2.67 bits per heavy atom. The molecule has 1 aromatic rings. The average molecular weight is 225 g/mol. The van der Waals surface area contributed by atoms with E-state index in [9.17, 15) is 9.90 Å². The Kier molecular flexibility index (Phi) is 2.89. The minimum atomic E-state index is -1.14. The van der Waals surface area contributed by atoms with Gasteiger partial charge in [0.25, 0.3) is 0 Å². The van der Waals surface area contributed by atoms with Gasteiger partial charge in [0, 0.05) is 5.38 Å². The molecule has 0 aromatic carbocycles. The van der Waals surface area contributed by atoms with Crippen molar-refractivity contribution in [3.8, 4) is 0 Å². The van der Waals surface area contributed by atoms with Crippen LogP contribution in [0.25, 0.3) is 0 Å². The van der Waals surface area contributed by atoms with Gasteiger partial charge in [0.2, 0.25) is 5.78 Å². The molecule has 3 nitrogen and oxygen atoms in total. The summed E-state index contributed by atoms with van der Waals surface area (Å²) in [6.45, 7) is 1.87. The van der Waals surface area contributed by atoms with Crippen LogP contribution in [-0.4, -0.2) is 21.5 Å². The largest absolute Gasteiger partial charge is 0.382 e. The summed E-state index contributed by atoms with van der Waals surface area (Å²) in [4.78, 5) is 16.2. The van der Waals surface area contributed by atoms with E-state index in [-0.39, 0.29) is 5.78 Å². The minimum Gasteiger partial charge on any atom is -0.382 e. The number of carbonyl (C=O) groups excluding carboxylic acids is 1. The highest BCUT2D eigenvalue weighted by molar-refractivity contribution is 7.09. The van der Waals surface area contributed by atoms with Crippen LogP contribution < -0.4 is 0 Å². The zero-order chi connectivity index (χ0) is 10.9. The third kappa shape index (κ3) is 2.11. The topological polar surface area (TPSA) is 50.2 Å². The predicted molar refractivity (Wildman–Crippen MR) is 59.2 cm³/mol. The average Bonchev–Trinajstić information content (AvgIpc) is 2.65. The van der Waals surface area contributed by atoms with Gasteiger partial charge >= 0.3 is 0 Å². The van der Waals surface area contributed by atoms with Crippen molar-refractivity contribution in [1.29, 1.82) is 0 Å². The minimum absolute atomic E-state index is 0.188. The maximum atomic E-state index is 12.0. The van der Waals surface area contributed by atoms with E-state index in [1.807, 2.05) is 6.92 Å². The van der Waals surface area contributed by atoms with E-state index in [0.717, 1.165) is 24.3 Å². The van der Waals surface area contributed by atoms with Gasteiger partial charge < -0.3 is 5.11 Å². The van der Waals surface area contributed by atoms with Gasteiger partial charge in [-0.05, 0) is 19.8 Å². The van der Waals surface area contributed by atoms with E-state index in [0.29, 0.717) is 18.5 Å². The van der Waals surface area contributed by atoms with E-state index in [1.54, 1.807) is 5.38 Å². The summed E-state index contributed by atoms with van der Waals surface area (Å²) in [7, 11) is 0. The first-order valence-corrected chi connectivity index (χ1v) is 6.19. The molecule has 0 atom stereocenters. The SMILES string of the molecule is Cc1nc(C(=O)C2(O)CCCCC2)cs1. The van der Waals surface area contributed by atoms with Crippen LogP contribution in [0.3, 0.4) is 0 Å². The quantitative estimate of drug-likeness (QED) is 0.786. The van der Waals surface area contributed by atoms with Gasteiger partial charge in [-0.1, -0.05) is 19.3 Å². The molecule has 2 rings (SSSR count). The Labute approximate surface area is 93.2 Å². The van der Waals surface area contributed by atoms with Gasteiger partial charge in [-0.2, -0.15) is 0 Å². The van der Waals surface area contributed by atoms with Crippen molar-refractivity contribution in [3.63, 3.8) is 0 Å². The van der Waals surface area contributed by atoms with Crippen molar-refractivity contribution in [2.75, 3.05) is 0 Å². The van der Waals surface area contributed by atoms with E-state index >= 15 is 0 Å². The fourth-order valence-electron chi connectivity index (χ4n) is 2.07. The summed E-state index contributed by atoms with van der Waals surface area (Å²) in [6, 6.07) is 0. The molecular weight excluding hydrogens is 210 g/mol. The number of aromatic nitrogens is 1. The van der Waals surface area contributed by atoms with E-state index in [4.69, 9.17) is 0 Å². The maximum absolute atomic E-state index is 12.0. The molecule has 15 heavy (non-hydrogen) atoms. The molecule has 1 N–H and O–H groups in total. The van der Waals surface area contributed by atoms with Crippen LogP contribution in [0, 0.1) is 6.92 Å². The highest BCUT2D eigenvalue weighted by atomic mass is 32.1. The van der Waals surface area contributed by atoms with Crippen molar-refractivity contribution >= 4 is 17.1 Å². The van der Waals surface area contributed by atoms with Crippen molar-refractivity contribution < 1.29 is 9.90 Å². The van der Waals surface area contributed by atoms with Gasteiger partial charge in [-0.15, -0.1) is 11.3 Å². The Bertz CT molecular complexity index is 366. The normalized spacial score (nSPS) is 20.1. The van der Waals surface area contributed by atoms with Crippen molar-refractivity contribution in [2.24, 2.45) is 0 Å². The third-order valence-corrected chi connectivity index (χ3v) is 3.73. The number of carbonyl (C=O) groups is 1. The van der Waals surface area contributed by atoms with Crippen LogP contribution in [0.15, 0.2) is 5.38 Å². The first kappa shape index (κ1) is 10.8. The maximum Gasteiger partial charge on any atom is 0.213 e. The van der Waals surface area contributed by atoms with E-state index in [1.165, 1.54) is 11.3 Å². The third-order valence-electron chi connectivity index (χ3n) is 2.96. The highest BCUT2D eigenvalue weighted by Crippen LogP contribution is 2.31. The zero-order valence-electron chi connectivity index (χ0n) is 8.82. The first-order chi connectivity index (χ1) is 7.12.